The molecule has 0 heterocycles. The van der Waals surface area contributed by atoms with Crippen molar-refractivity contribution in [2.24, 2.45) is 0 Å². The van der Waals surface area contributed by atoms with Gasteiger partial charge >= 0.3 is 5.69 Å². The number of nitro groups is 1. The van der Waals surface area contributed by atoms with Crippen molar-refractivity contribution >= 4 is 23.6 Å². The van der Waals surface area contributed by atoms with Crippen LogP contribution < -0.4 is 0 Å². The lowest BCUT2D eigenvalue weighted by Gasteiger charge is -1.98. The highest BCUT2D eigenvalue weighted by molar-refractivity contribution is 6.33. The number of benzene rings is 1. The van der Waals surface area contributed by atoms with Crippen LogP contribution in [0.2, 0.25) is 5.02 Å². The van der Waals surface area contributed by atoms with Gasteiger partial charge in [0.15, 0.2) is 12.0 Å². The maximum Gasteiger partial charge on any atom is 0.311 e. The smallest absolute Gasteiger partial charge is 0.311 e. The maximum absolute atomic E-state index is 10.3. The van der Waals surface area contributed by atoms with Crippen molar-refractivity contribution in [3.63, 3.8) is 0 Å². The van der Waals surface area contributed by atoms with Gasteiger partial charge in [-0.1, -0.05) is 11.6 Å². The van der Waals surface area contributed by atoms with Gasteiger partial charge in [-0.15, -0.1) is 0 Å². The van der Waals surface area contributed by atoms with Crippen molar-refractivity contribution in [3.05, 3.63) is 32.8 Å². The molecule has 0 aliphatic rings. The lowest BCUT2D eigenvalue weighted by atomic mass is 10.2. The van der Waals surface area contributed by atoms with Crippen molar-refractivity contribution in [2.45, 2.75) is 0 Å². The first kappa shape index (κ1) is 9.47. The van der Waals surface area contributed by atoms with Crippen LogP contribution in [0.25, 0.3) is 0 Å². The molecule has 1 aromatic rings. The van der Waals surface area contributed by atoms with Crippen LogP contribution in [0.1, 0.15) is 10.4 Å². The van der Waals surface area contributed by atoms with Crippen molar-refractivity contribution in [1.82, 2.24) is 0 Å². The molecule has 0 aliphatic heterocycles. The lowest BCUT2D eigenvalue weighted by molar-refractivity contribution is -0.385. The molecule has 0 aromatic heterocycles. The number of aromatic hydroxyl groups is 1. The largest absolute Gasteiger partial charge is 0.502 e. The zero-order chi connectivity index (χ0) is 10.0. The van der Waals surface area contributed by atoms with Gasteiger partial charge in [-0.3, -0.25) is 14.9 Å². The summed E-state index contributed by atoms with van der Waals surface area (Å²) in [5.41, 5.74) is -0.558. The number of hydrogen-bond donors (Lipinski definition) is 1. The Labute approximate surface area is 77.7 Å². The number of carbonyl (C=O) groups is 1. The predicted octanol–water partition coefficient (Wildman–Crippen LogP) is 1.77. The Kier molecular flexibility index (Phi) is 2.48. The Bertz CT molecular complexity index is 377. The summed E-state index contributed by atoms with van der Waals surface area (Å²) in [6.45, 7) is 0. The molecular formula is C7H4ClNO4. The van der Waals surface area contributed by atoms with Gasteiger partial charge in [0.05, 0.1) is 9.95 Å². The van der Waals surface area contributed by atoms with Gasteiger partial charge < -0.3 is 5.11 Å². The number of carbonyl (C=O) groups excluding carboxylic acids is 1. The number of nitro benzene ring substituents is 1. The average molecular weight is 202 g/mol. The zero-order valence-corrected chi connectivity index (χ0v) is 6.99. The molecule has 0 fully saturated rings. The summed E-state index contributed by atoms with van der Waals surface area (Å²) in [6.07, 6.45) is 0.384. The molecule has 1 aromatic carbocycles. The molecule has 0 unspecified atom stereocenters. The van der Waals surface area contributed by atoms with Crippen LogP contribution in [0.15, 0.2) is 12.1 Å². The summed E-state index contributed by atoms with van der Waals surface area (Å²) >= 11 is 5.49. The number of halogens is 1. The summed E-state index contributed by atoms with van der Waals surface area (Å²) in [5.74, 6) is -0.555. The third-order valence-electron chi connectivity index (χ3n) is 1.42. The van der Waals surface area contributed by atoms with E-state index in [4.69, 9.17) is 16.7 Å². The van der Waals surface area contributed by atoms with Gasteiger partial charge in [-0.2, -0.15) is 0 Å². The Morgan fingerprint density at radius 2 is 2.15 bits per heavy atom. The summed E-state index contributed by atoms with van der Waals surface area (Å²) < 4.78 is 0. The fourth-order valence-corrected chi connectivity index (χ4v) is 1.01. The number of rotatable bonds is 2. The molecule has 0 spiro atoms. The van der Waals surface area contributed by atoms with Crippen LogP contribution in [0.5, 0.6) is 5.75 Å². The highest BCUT2D eigenvalue weighted by Crippen LogP contribution is 2.30. The lowest BCUT2D eigenvalue weighted by Crippen LogP contribution is -1.91. The molecule has 6 heteroatoms. The fraction of sp³-hybridized carbons (Fsp3) is 0. The molecule has 13 heavy (non-hydrogen) atoms. The first-order valence-electron chi connectivity index (χ1n) is 3.18. The second-order valence-corrected chi connectivity index (χ2v) is 2.64. The summed E-state index contributed by atoms with van der Waals surface area (Å²) in [7, 11) is 0. The average Bonchev–Trinajstić information content (AvgIpc) is 2.03. The van der Waals surface area contributed by atoms with Crippen molar-refractivity contribution in [1.29, 1.82) is 0 Å². The minimum Gasteiger partial charge on any atom is -0.502 e. The minimum atomic E-state index is -0.793. The number of nitrogens with zero attached hydrogens (tertiary/aromatic N) is 1. The quantitative estimate of drug-likeness (QED) is 0.449. The molecule has 0 aliphatic carbocycles. The molecule has 0 amide bonds. The van der Waals surface area contributed by atoms with Gasteiger partial charge in [0, 0.05) is 17.7 Å². The van der Waals surface area contributed by atoms with E-state index in [1.54, 1.807) is 0 Å². The Hall–Kier alpha value is -1.62. The van der Waals surface area contributed by atoms with Crippen LogP contribution in [0.3, 0.4) is 0 Å². The standard InChI is InChI=1S/C7H4ClNO4/c8-5-2-7(11)6(9(12)13)1-4(5)3-10/h1-3,11H. The molecule has 0 bridgehead atoms. The van der Waals surface area contributed by atoms with Gasteiger partial charge in [-0.05, 0) is 0 Å². The molecule has 1 N–H and O–H groups in total. The van der Waals surface area contributed by atoms with Crippen molar-refractivity contribution in [2.75, 3.05) is 0 Å². The summed E-state index contributed by atoms with van der Waals surface area (Å²) in [5, 5.41) is 19.3. The monoisotopic (exact) mass is 201 g/mol. The molecular weight excluding hydrogens is 198 g/mol. The third-order valence-corrected chi connectivity index (χ3v) is 1.74. The third kappa shape index (κ3) is 1.75. The summed E-state index contributed by atoms with van der Waals surface area (Å²) in [4.78, 5) is 19.8. The van der Waals surface area contributed by atoms with E-state index in [0.29, 0.717) is 6.29 Å². The highest BCUT2D eigenvalue weighted by atomic mass is 35.5. The van der Waals surface area contributed by atoms with Crippen LogP contribution >= 0.6 is 11.6 Å². The number of phenols is 1. The normalized spacial score (nSPS) is 9.62. The van der Waals surface area contributed by atoms with E-state index in [2.05, 4.69) is 0 Å². The number of aldehydes is 1. The maximum atomic E-state index is 10.3. The molecule has 68 valence electrons. The van der Waals surface area contributed by atoms with Crippen LogP contribution in [-0.4, -0.2) is 16.3 Å². The van der Waals surface area contributed by atoms with E-state index < -0.39 is 16.4 Å². The summed E-state index contributed by atoms with van der Waals surface area (Å²) in [6, 6.07) is 1.88. The van der Waals surface area contributed by atoms with Crippen LogP contribution in [-0.2, 0) is 0 Å². The number of hydrogen-bond acceptors (Lipinski definition) is 4. The molecule has 1 rings (SSSR count). The van der Waals surface area contributed by atoms with Gasteiger partial charge in [0.2, 0.25) is 0 Å². The van der Waals surface area contributed by atoms with Crippen molar-refractivity contribution < 1.29 is 14.8 Å². The Balaban J connectivity index is 3.38. The molecule has 0 radical (unpaired) electrons. The topological polar surface area (TPSA) is 80.4 Å². The molecule has 0 atom stereocenters. The van der Waals surface area contributed by atoms with E-state index >= 15 is 0 Å². The van der Waals surface area contributed by atoms with E-state index in [0.717, 1.165) is 12.1 Å². The second-order valence-electron chi connectivity index (χ2n) is 2.24. The van der Waals surface area contributed by atoms with E-state index in [1.165, 1.54) is 0 Å². The van der Waals surface area contributed by atoms with Crippen molar-refractivity contribution in [3.8, 4) is 5.75 Å². The molecule has 0 saturated heterocycles. The van der Waals surface area contributed by atoms with Gasteiger partial charge in [0.25, 0.3) is 0 Å². The van der Waals surface area contributed by atoms with Crippen LogP contribution in [0.4, 0.5) is 5.69 Å². The predicted molar refractivity (Wildman–Crippen MR) is 45.2 cm³/mol. The fourth-order valence-electron chi connectivity index (χ4n) is 0.804. The van der Waals surface area contributed by atoms with E-state index in [9.17, 15) is 14.9 Å². The minimum absolute atomic E-state index is 0.0156. The molecule has 0 saturated carbocycles. The highest BCUT2D eigenvalue weighted by Gasteiger charge is 2.16. The Morgan fingerprint density at radius 3 is 2.62 bits per heavy atom. The van der Waals surface area contributed by atoms with E-state index in [-0.39, 0.29) is 10.6 Å². The second kappa shape index (κ2) is 3.40. The first-order valence-corrected chi connectivity index (χ1v) is 3.56. The Morgan fingerprint density at radius 1 is 1.54 bits per heavy atom. The van der Waals surface area contributed by atoms with Gasteiger partial charge in [-0.25, -0.2) is 0 Å². The van der Waals surface area contributed by atoms with Gasteiger partial charge in [0.1, 0.15) is 0 Å². The first-order chi connectivity index (χ1) is 6.06. The zero-order valence-electron chi connectivity index (χ0n) is 6.23. The molecule has 5 nitrogen and oxygen atoms in total. The van der Waals surface area contributed by atoms with Crippen LogP contribution in [0, 0.1) is 10.1 Å². The van der Waals surface area contributed by atoms with E-state index in [1.807, 2.05) is 0 Å². The SMILES string of the molecule is O=Cc1cc([N+](=O)[O-])c(O)cc1Cl. The number of phenolic OH excluding ortho intramolecular Hbond substituents is 1.